The van der Waals surface area contributed by atoms with Crippen LogP contribution in [0.2, 0.25) is 0 Å². The Morgan fingerprint density at radius 3 is 2.83 bits per heavy atom. The number of rotatable bonds is 1. The van der Waals surface area contributed by atoms with Crippen molar-refractivity contribution in [3.63, 3.8) is 0 Å². The minimum absolute atomic E-state index is 0.0822. The molecule has 3 nitrogen and oxygen atoms in total. The highest BCUT2D eigenvalue weighted by Gasteiger charge is 2.40. The van der Waals surface area contributed by atoms with Crippen LogP contribution in [0.4, 0.5) is 0 Å². The van der Waals surface area contributed by atoms with Crippen LogP contribution in [-0.2, 0) is 4.79 Å². The van der Waals surface area contributed by atoms with Gasteiger partial charge in [0.1, 0.15) is 0 Å². The summed E-state index contributed by atoms with van der Waals surface area (Å²) < 4.78 is 0.401. The Morgan fingerprint density at radius 1 is 1.28 bits per heavy atom. The first-order chi connectivity index (χ1) is 8.79. The molecule has 1 spiro atoms. The summed E-state index contributed by atoms with van der Waals surface area (Å²) in [6, 6.07) is 0.0822. The van der Waals surface area contributed by atoms with Gasteiger partial charge in [-0.1, -0.05) is 19.3 Å². The molecular weight excluding hydrogens is 264 g/mol. The molecule has 1 atom stereocenters. The van der Waals surface area contributed by atoms with Gasteiger partial charge in [0.05, 0.1) is 6.04 Å². The highest BCUT2D eigenvalue weighted by atomic mass is 32.2. The van der Waals surface area contributed by atoms with E-state index in [1.54, 1.807) is 0 Å². The third-order valence-corrected chi connectivity index (χ3v) is 6.82. The second-order valence-electron chi connectivity index (χ2n) is 5.62. The van der Waals surface area contributed by atoms with Crippen LogP contribution < -0.4 is 5.32 Å². The minimum Gasteiger partial charge on any atom is -0.339 e. The van der Waals surface area contributed by atoms with Gasteiger partial charge >= 0.3 is 0 Å². The van der Waals surface area contributed by atoms with Crippen molar-refractivity contribution in [2.75, 3.05) is 30.5 Å². The molecule has 0 aromatic rings. The van der Waals surface area contributed by atoms with Crippen molar-refractivity contribution in [2.24, 2.45) is 0 Å². The summed E-state index contributed by atoms with van der Waals surface area (Å²) in [7, 11) is 0. The van der Waals surface area contributed by atoms with Crippen LogP contribution in [0.25, 0.3) is 0 Å². The van der Waals surface area contributed by atoms with Crippen molar-refractivity contribution in [1.29, 1.82) is 0 Å². The molecular formula is C13H22N2OS2. The van der Waals surface area contributed by atoms with Gasteiger partial charge in [0, 0.05) is 35.2 Å². The highest BCUT2D eigenvalue weighted by Crippen LogP contribution is 2.42. The summed E-state index contributed by atoms with van der Waals surface area (Å²) in [5.41, 5.74) is 0. The number of nitrogens with zero attached hydrogens (tertiary/aromatic N) is 1. The monoisotopic (exact) mass is 286 g/mol. The van der Waals surface area contributed by atoms with Crippen LogP contribution in [0.15, 0.2) is 0 Å². The van der Waals surface area contributed by atoms with Gasteiger partial charge in [-0.25, -0.2) is 0 Å². The van der Waals surface area contributed by atoms with E-state index in [1.807, 2.05) is 11.8 Å². The lowest BCUT2D eigenvalue weighted by Gasteiger charge is -2.45. The van der Waals surface area contributed by atoms with E-state index in [0.29, 0.717) is 10.7 Å². The maximum atomic E-state index is 12.5. The topological polar surface area (TPSA) is 32.3 Å². The first kappa shape index (κ1) is 13.1. The van der Waals surface area contributed by atoms with Gasteiger partial charge in [0.25, 0.3) is 0 Å². The molecule has 5 heteroatoms. The summed E-state index contributed by atoms with van der Waals surface area (Å²) in [6.07, 6.45) is 6.72. The van der Waals surface area contributed by atoms with Crippen LogP contribution in [0.5, 0.6) is 0 Å². The van der Waals surface area contributed by atoms with Crippen molar-refractivity contribution in [3.8, 4) is 0 Å². The van der Waals surface area contributed by atoms with Crippen molar-refractivity contribution in [2.45, 2.75) is 42.9 Å². The van der Waals surface area contributed by atoms with Crippen molar-refractivity contribution in [1.82, 2.24) is 10.2 Å². The average Bonchev–Trinajstić information content (AvgIpc) is 2.93. The standard InChI is InChI=1S/C13H22N2OS2/c16-12(11-8-17-10-14-11)15-6-7-18-13(9-15)4-2-1-3-5-13/h11,14H,1-10H2. The second kappa shape index (κ2) is 5.63. The largest absolute Gasteiger partial charge is 0.339 e. The lowest BCUT2D eigenvalue weighted by atomic mass is 9.87. The molecule has 3 fully saturated rings. The van der Waals surface area contributed by atoms with E-state index in [0.717, 1.165) is 30.5 Å². The summed E-state index contributed by atoms with van der Waals surface area (Å²) in [6.45, 7) is 1.95. The van der Waals surface area contributed by atoms with Gasteiger partial charge in [0.2, 0.25) is 5.91 Å². The van der Waals surface area contributed by atoms with E-state index in [1.165, 1.54) is 32.1 Å². The molecule has 1 amide bonds. The average molecular weight is 286 g/mol. The number of carbonyl (C=O) groups is 1. The van der Waals surface area contributed by atoms with E-state index < -0.39 is 0 Å². The van der Waals surface area contributed by atoms with Gasteiger partial charge in [0.15, 0.2) is 0 Å². The molecule has 1 N–H and O–H groups in total. The molecule has 3 rings (SSSR count). The fraction of sp³-hybridized carbons (Fsp3) is 0.923. The lowest BCUT2D eigenvalue weighted by Crippen LogP contribution is -2.54. The maximum Gasteiger partial charge on any atom is 0.240 e. The third-order valence-electron chi connectivity index (χ3n) is 4.34. The lowest BCUT2D eigenvalue weighted by molar-refractivity contribution is -0.133. The molecule has 0 bridgehead atoms. The van der Waals surface area contributed by atoms with E-state index in [-0.39, 0.29) is 6.04 Å². The zero-order valence-corrected chi connectivity index (χ0v) is 12.5. The number of hydrogen-bond acceptors (Lipinski definition) is 4. The van der Waals surface area contributed by atoms with Crippen molar-refractivity contribution >= 4 is 29.4 Å². The Morgan fingerprint density at radius 2 is 2.11 bits per heavy atom. The van der Waals surface area contributed by atoms with Crippen LogP contribution >= 0.6 is 23.5 Å². The van der Waals surface area contributed by atoms with Crippen LogP contribution in [0.1, 0.15) is 32.1 Å². The van der Waals surface area contributed by atoms with Crippen molar-refractivity contribution in [3.05, 3.63) is 0 Å². The minimum atomic E-state index is 0.0822. The molecule has 1 unspecified atom stereocenters. The molecule has 18 heavy (non-hydrogen) atoms. The van der Waals surface area contributed by atoms with Crippen LogP contribution in [-0.4, -0.2) is 52.1 Å². The highest BCUT2D eigenvalue weighted by molar-refractivity contribution is 8.00. The predicted octanol–water partition coefficient (Wildman–Crippen LogP) is 1.93. The van der Waals surface area contributed by atoms with Gasteiger partial charge in [-0.05, 0) is 12.8 Å². The summed E-state index contributed by atoms with van der Waals surface area (Å²) in [4.78, 5) is 14.6. The summed E-state index contributed by atoms with van der Waals surface area (Å²) in [5.74, 6) is 3.37. The molecule has 3 aliphatic rings. The Balaban J connectivity index is 1.64. The molecule has 0 aromatic carbocycles. The smallest absolute Gasteiger partial charge is 0.240 e. The number of carbonyl (C=O) groups excluding carboxylic acids is 1. The Labute approximate surface area is 118 Å². The van der Waals surface area contributed by atoms with E-state index in [4.69, 9.17) is 0 Å². The number of amides is 1. The molecule has 2 aliphatic heterocycles. The molecule has 2 heterocycles. The fourth-order valence-corrected chi connectivity index (χ4v) is 5.81. The number of nitrogens with one attached hydrogen (secondary N) is 1. The van der Waals surface area contributed by atoms with Crippen LogP contribution in [0.3, 0.4) is 0 Å². The normalized spacial score (nSPS) is 31.8. The molecule has 1 aliphatic carbocycles. The third kappa shape index (κ3) is 2.68. The van der Waals surface area contributed by atoms with E-state index in [2.05, 4.69) is 22.0 Å². The maximum absolute atomic E-state index is 12.5. The van der Waals surface area contributed by atoms with E-state index in [9.17, 15) is 4.79 Å². The molecule has 0 aromatic heterocycles. The van der Waals surface area contributed by atoms with Crippen molar-refractivity contribution < 1.29 is 4.79 Å². The molecule has 0 radical (unpaired) electrons. The Kier molecular flexibility index (Phi) is 4.11. The quantitative estimate of drug-likeness (QED) is 0.798. The summed E-state index contributed by atoms with van der Waals surface area (Å²) >= 11 is 3.97. The van der Waals surface area contributed by atoms with Crippen LogP contribution in [0, 0.1) is 0 Å². The van der Waals surface area contributed by atoms with Gasteiger partial charge in [-0.3, -0.25) is 10.1 Å². The van der Waals surface area contributed by atoms with Gasteiger partial charge in [-0.15, -0.1) is 11.8 Å². The van der Waals surface area contributed by atoms with Gasteiger partial charge < -0.3 is 4.90 Å². The number of hydrogen-bond donors (Lipinski definition) is 1. The Bertz CT molecular complexity index is 307. The molecule has 2 saturated heterocycles. The fourth-order valence-electron chi connectivity index (χ4n) is 3.31. The zero-order chi connectivity index (χ0) is 12.4. The van der Waals surface area contributed by atoms with Gasteiger partial charge in [-0.2, -0.15) is 11.8 Å². The first-order valence-electron chi connectivity index (χ1n) is 7.03. The zero-order valence-electron chi connectivity index (χ0n) is 10.8. The first-order valence-corrected chi connectivity index (χ1v) is 9.17. The number of thioether (sulfide) groups is 2. The SMILES string of the molecule is O=C(C1CSCN1)N1CCSC2(CCCCC2)C1. The second-order valence-corrected chi connectivity index (χ2v) is 8.22. The molecule has 102 valence electrons. The molecule has 1 saturated carbocycles. The Hall–Kier alpha value is 0.130. The summed E-state index contributed by atoms with van der Waals surface area (Å²) in [5, 5.41) is 3.31. The van der Waals surface area contributed by atoms with E-state index >= 15 is 0 Å². The predicted molar refractivity (Wildman–Crippen MR) is 79.1 cm³/mol.